The lowest BCUT2D eigenvalue weighted by Gasteiger charge is -2.36. The molecule has 1 aromatic carbocycles. The van der Waals surface area contributed by atoms with Gasteiger partial charge < -0.3 is 15.5 Å². The molecule has 0 aliphatic carbocycles. The highest BCUT2D eigenvalue weighted by molar-refractivity contribution is 14.0. The van der Waals surface area contributed by atoms with Crippen LogP contribution >= 0.6 is 24.0 Å². The molecule has 1 aromatic rings. The quantitative estimate of drug-likeness (QED) is 0.264. The van der Waals surface area contributed by atoms with E-state index >= 15 is 0 Å². The van der Waals surface area contributed by atoms with Crippen LogP contribution in [0.1, 0.15) is 26.7 Å². The number of para-hydroxylation sites is 1. The summed E-state index contributed by atoms with van der Waals surface area (Å²) in [5.41, 5.74) is 1.35. The Morgan fingerprint density at radius 2 is 1.69 bits per heavy atom. The minimum Gasteiger partial charge on any atom is -0.369 e. The molecule has 1 fully saturated rings. The third-order valence-electron chi connectivity index (χ3n) is 4.67. The molecule has 0 radical (unpaired) electrons. The van der Waals surface area contributed by atoms with Gasteiger partial charge in [-0.05, 0) is 37.4 Å². The van der Waals surface area contributed by atoms with Crippen LogP contribution in [0.2, 0.25) is 0 Å². The number of piperazine rings is 1. The topological polar surface area (TPSA) is 42.9 Å². The van der Waals surface area contributed by atoms with E-state index in [9.17, 15) is 0 Å². The highest BCUT2D eigenvalue weighted by atomic mass is 127. The van der Waals surface area contributed by atoms with E-state index in [0.29, 0.717) is 0 Å². The Bertz CT molecular complexity index is 498. The zero-order valence-corrected chi connectivity index (χ0v) is 18.9. The Morgan fingerprint density at radius 3 is 2.31 bits per heavy atom. The Balaban J connectivity index is 0.00000338. The molecule has 0 saturated carbocycles. The van der Waals surface area contributed by atoms with Gasteiger partial charge in [-0.1, -0.05) is 32.0 Å². The number of aliphatic imine (C=N–C) groups is 1. The number of halogens is 1. The van der Waals surface area contributed by atoms with Crippen molar-refractivity contribution in [1.29, 1.82) is 0 Å². The van der Waals surface area contributed by atoms with Crippen LogP contribution < -0.4 is 15.5 Å². The number of benzene rings is 1. The first-order chi connectivity index (χ1) is 12.2. The summed E-state index contributed by atoms with van der Waals surface area (Å²) in [7, 11) is 1.84. The van der Waals surface area contributed by atoms with Gasteiger partial charge >= 0.3 is 0 Å². The molecule has 1 aliphatic rings. The van der Waals surface area contributed by atoms with Crippen LogP contribution in [0.15, 0.2) is 35.3 Å². The lowest BCUT2D eigenvalue weighted by atomic mass is 10.1. The second kappa shape index (κ2) is 13.2. The molecule has 148 valence electrons. The zero-order valence-electron chi connectivity index (χ0n) is 16.6. The van der Waals surface area contributed by atoms with E-state index in [1.165, 1.54) is 12.1 Å². The van der Waals surface area contributed by atoms with Crippen molar-refractivity contribution in [3.05, 3.63) is 30.3 Å². The van der Waals surface area contributed by atoms with Gasteiger partial charge in [-0.25, -0.2) is 0 Å². The highest BCUT2D eigenvalue weighted by Crippen LogP contribution is 2.15. The molecule has 2 rings (SSSR count). The van der Waals surface area contributed by atoms with Gasteiger partial charge in [0.25, 0.3) is 0 Å². The fourth-order valence-corrected chi connectivity index (χ4v) is 3.08. The third-order valence-corrected chi connectivity index (χ3v) is 4.67. The number of rotatable bonds is 8. The Morgan fingerprint density at radius 1 is 1.04 bits per heavy atom. The second-order valence-electron chi connectivity index (χ2n) is 7.13. The summed E-state index contributed by atoms with van der Waals surface area (Å²) < 4.78 is 0. The van der Waals surface area contributed by atoms with Crippen molar-refractivity contribution >= 4 is 35.6 Å². The van der Waals surface area contributed by atoms with E-state index in [0.717, 1.165) is 64.1 Å². The van der Waals surface area contributed by atoms with Gasteiger partial charge in [0, 0.05) is 52.0 Å². The van der Waals surface area contributed by atoms with E-state index in [1.54, 1.807) is 0 Å². The van der Waals surface area contributed by atoms with Crippen molar-refractivity contribution in [2.75, 3.05) is 57.8 Å². The van der Waals surface area contributed by atoms with Crippen molar-refractivity contribution < 1.29 is 0 Å². The maximum atomic E-state index is 4.29. The fourth-order valence-electron chi connectivity index (χ4n) is 3.08. The van der Waals surface area contributed by atoms with Crippen LogP contribution in [0.4, 0.5) is 5.69 Å². The fraction of sp³-hybridized carbons (Fsp3) is 0.650. The van der Waals surface area contributed by atoms with E-state index in [-0.39, 0.29) is 24.0 Å². The SMILES string of the molecule is CN=C(NCCCN1CCN(c2ccccc2)CC1)NCCC(C)C.I. The monoisotopic (exact) mass is 473 g/mol. The van der Waals surface area contributed by atoms with Gasteiger partial charge in [0.15, 0.2) is 5.96 Å². The first-order valence-corrected chi connectivity index (χ1v) is 9.66. The zero-order chi connectivity index (χ0) is 17.9. The molecule has 1 saturated heterocycles. The molecule has 0 aromatic heterocycles. The summed E-state index contributed by atoms with van der Waals surface area (Å²) >= 11 is 0. The van der Waals surface area contributed by atoms with Crippen LogP contribution in [0.3, 0.4) is 0 Å². The first kappa shape index (κ1) is 23.0. The molecule has 1 heterocycles. The first-order valence-electron chi connectivity index (χ1n) is 9.66. The summed E-state index contributed by atoms with van der Waals surface area (Å²) in [6, 6.07) is 10.7. The van der Waals surface area contributed by atoms with Crippen LogP contribution in [0.5, 0.6) is 0 Å². The molecule has 6 heteroatoms. The molecular weight excluding hydrogens is 437 g/mol. The number of guanidine groups is 1. The third kappa shape index (κ3) is 8.58. The minimum atomic E-state index is 0. The van der Waals surface area contributed by atoms with Crippen molar-refractivity contribution in [2.24, 2.45) is 10.9 Å². The summed E-state index contributed by atoms with van der Waals surface area (Å²) in [6.07, 6.45) is 2.32. The molecule has 0 unspecified atom stereocenters. The van der Waals surface area contributed by atoms with Gasteiger partial charge in [-0.3, -0.25) is 9.89 Å². The minimum absolute atomic E-state index is 0. The van der Waals surface area contributed by atoms with Gasteiger partial charge in [0.05, 0.1) is 0 Å². The number of nitrogens with zero attached hydrogens (tertiary/aromatic N) is 3. The van der Waals surface area contributed by atoms with E-state index in [4.69, 9.17) is 0 Å². The molecule has 1 aliphatic heterocycles. The number of nitrogens with one attached hydrogen (secondary N) is 2. The van der Waals surface area contributed by atoms with Crippen molar-refractivity contribution in [3.63, 3.8) is 0 Å². The van der Waals surface area contributed by atoms with Crippen molar-refractivity contribution in [3.8, 4) is 0 Å². The maximum Gasteiger partial charge on any atom is 0.190 e. The normalized spacial score (nSPS) is 15.7. The largest absolute Gasteiger partial charge is 0.369 e. The van der Waals surface area contributed by atoms with E-state index in [1.807, 2.05) is 7.05 Å². The summed E-state index contributed by atoms with van der Waals surface area (Å²) in [5.74, 6) is 1.65. The lowest BCUT2D eigenvalue weighted by molar-refractivity contribution is 0.255. The predicted octanol–water partition coefficient (Wildman–Crippen LogP) is 3.03. The second-order valence-corrected chi connectivity index (χ2v) is 7.13. The summed E-state index contributed by atoms with van der Waals surface area (Å²) in [4.78, 5) is 9.33. The average Bonchev–Trinajstić information content (AvgIpc) is 2.64. The van der Waals surface area contributed by atoms with Gasteiger partial charge in [0.2, 0.25) is 0 Å². The Hall–Kier alpha value is -1.02. The van der Waals surface area contributed by atoms with Crippen molar-refractivity contribution in [1.82, 2.24) is 15.5 Å². The van der Waals surface area contributed by atoms with Gasteiger partial charge in [0.1, 0.15) is 0 Å². The van der Waals surface area contributed by atoms with E-state index < -0.39 is 0 Å². The van der Waals surface area contributed by atoms with Crippen LogP contribution in [-0.4, -0.2) is 63.7 Å². The Kier molecular flexibility index (Phi) is 11.7. The van der Waals surface area contributed by atoms with Crippen molar-refractivity contribution in [2.45, 2.75) is 26.7 Å². The molecule has 2 N–H and O–H groups in total. The van der Waals surface area contributed by atoms with Crippen LogP contribution in [-0.2, 0) is 0 Å². The van der Waals surface area contributed by atoms with Gasteiger partial charge in [-0.2, -0.15) is 0 Å². The molecule has 26 heavy (non-hydrogen) atoms. The summed E-state index contributed by atoms with van der Waals surface area (Å²) in [5, 5.41) is 6.80. The number of hydrogen-bond donors (Lipinski definition) is 2. The number of hydrogen-bond acceptors (Lipinski definition) is 3. The smallest absolute Gasteiger partial charge is 0.190 e. The average molecular weight is 473 g/mol. The molecule has 0 bridgehead atoms. The molecule has 0 amide bonds. The summed E-state index contributed by atoms with van der Waals surface area (Å²) in [6.45, 7) is 12.1. The standard InChI is InChI=1S/C20H35N5.HI/c1-18(2)10-12-23-20(21-3)22-11-7-13-24-14-16-25(17-15-24)19-8-5-4-6-9-19;/h4-6,8-9,18H,7,10-17H2,1-3H3,(H2,21,22,23);1H. The maximum absolute atomic E-state index is 4.29. The number of anilines is 1. The molecular formula is C20H36IN5. The highest BCUT2D eigenvalue weighted by Gasteiger charge is 2.16. The Labute approximate surface area is 176 Å². The molecule has 0 spiro atoms. The van der Waals surface area contributed by atoms with Crippen LogP contribution in [0, 0.1) is 5.92 Å². The van der Waals surface area contributed by atoms with Gasteiger partial charge in [-0.15, -0.1) is 24.0 Å². The lowest BCUT2D eigenvalue weighted by Crippen LogP contribution is -2.47. The van der Waals surface area contributed by atoms with Crippen LogP contribution in [0.25, 0.3) is 0 Å². The molecule has 5 nitrogen and oxygen atoms in total. The molecule has 0 atom stereocenters. The van der Waals surface area contributed by atoms with E-state index in [2.05, 4.69) is 69.6 Å². The predicted molar refractivity (Wildman–Crippen MR) is 124 cm³/mol.